The summed E-state index contributed by atoms with van der Waals surface area (Å²) in [5.41, 5.74) is 0. The highest BCUT2D eigenvalue weighted by Crippen LogP contribution is 2.08. The van der Waals surface area contributed by atoms with Crippen molar-refractivity contribution in [2.45, 2.75) is 52.9 Å². The quantitative estimate of drug-likeness (QED) is 0.438. The van der Waals surface area contributed by atoms with Crippen molar-refractivity contribution < 1.29 is 0 Å². The average Bonchev–Trinajstić information content (AvgIpc) is 2.15. The molecule has 0 fully saturated rings. The minimum atomic E-state index is 0.878. The Kier molecular flexibility index (Phi) is 10.5. The number of unbranched alkanes of at least 4 members (excludes halogenated alkanes) is 3. The lowest BCUT2D eigenvalue weighted by atomic mass is 10.0. The molecule has 0 heterocycles. The zero-order valence-electron chi connectivity index (χ0n) is 10.2. The second kappa shape index (κ2) is 10.8. The summed E-state index contributed by atoms with van der Waals surface area (Å²) in [5, 5.41) is 3.40. The van der Waals surface area contributed by atoms with Crippen molar-refractivity contribution >= 4 is 0 Å². The average molecular weight is 197 g/mol. The van der Waals surface area contributed by atoms with Gasteiger partial charge in [-0.05, 0) is 25.8 Å². The highest BCUT2D eigenvalue weighted by molar-refractivity contribution is 4.78. The number of hydrogen-bond acceptors (Lipinski definition) is 1. The third-order valence-corrected chi connectivity index (χ3v) is 2.38. The minimum absolute atomic E-state index is 0.878. The molecule has 0 radical (unpaired) electrons. The summed E-state index contributed by atoms with van der Waals surface area (Å²) in [5.74, 6) is 0.878. The Hall–Kier alpha value is -0.300. The number of rotatable bonds is 9. The lowest BCUT2D eigenvalue weighted by Gasteiger charge is -2.04. The molecule has 0 unspecified atom stereocenters. The van der Waals surface area contributed by atoms with E-state index >= 15 is 0 Å². The maximum absolute atomic E-state index is 3.40. The Morgan fingerprint density at radius 2 is 1.79 bits per heavy atom. The second-order valence-corrected chi connectivity index (χ2v) is 4.37. The lowest BCUT2D eigenvalue weighted by Crippen LogP contribution is -2.14. The maximum atomic E-state index is 3.40. The number of allylic oxidation sites excluding steroid dienone is 1. The molecule has 1 N–H and O–H groups in total. The standard InChI is InChI=1S/C13H27N/c1-4-5-11-14-12-9-7-6-8-10-13(2)3/h4-5,13-14H,6-12H2,1-3H3/b5-4+. The van der Waals surface area contributed by atoms with Crippen LogP contribution < -0.4 is 5.32 Å². The van der Waals surface area contributed by atoms with Crippen LogP contribution in [0.1, 0.15) is 52.9 Å². The van der Waals surface area contributed by atoms with Crippen molar-refractivity contribution in [3.63, 3.8) is 0 Å². The largest absolute Gasteiger partial charge is 0.313 e. The Balaban J connectivity index is 2.92. The predicted molar refractivity (Wildman–Crippen MR) is 65.6 cm³/mol. The first kappa shape index (κ1) is 13.7. The van der Waals surface area contributed by atoms with Gasteiger partial charge in [0.15, 0.2) is 0 Å². The molecule has 0 aromatic carbocycles. The van der Waals surface area contributed by atoms with Gasteiger partial charge in [0, 0.05) is 6.54 Å². The molecule has 0 spiro atoms. The van der Waals surface area contributed by atoms with Crippen LogP contribution in [0.5, 0.6) is 0 Å². The Labute approximate surface area is 90.0 Å². The van der Waals surface area contributed by atoms with Gasteiger partial charge in [0.05, 0.1) is 0 Å². The Morgan fingerprint density at radius 1 is 1.07 bits per heavy atom. The summed E-state index contributed by atoms with van der Waals surface area (Å²) in [7, 11) is 0. The molecule has 0 aliphatic rings. The third kappa shape index (κ3) is 11.7. The highest BCUT2D eigenvalue weighted by atomic mass is 14.8. The minimum Gasteiger partial charge on any atom is -0.313 e. The topological polar surface area (TPSA) is 12.0 Å². The summed E-state index contributed by atoms with van der Waals surface area (Å²) in [6, 6.07) is 0. The van der Waals surface area contributed by atoms with Gasteiger partial charge in [-0.15, -0.1) is 0 Å². The number of nitrogens with one attached hydrogen (secondary N) is 1. The fraction of sp³-hybridized carbons (Fsp3) is 0.846. The summed E-state index contributed by atoms with van der Waals surface area (Å²) in [6.45, 7) is 8.87. The van der Waals surface area contributed by atoms with E-state index in [2.05, 4.69) is 38.2 Å². The number of hydrogen-bond donors (Lipinski definition) is 1. The van der Waals surface area contributed by atoms with Crippen molar-refractivity contribution in [3.05, 3.63) is 12.2 Å². The molecular formula is C13H27N. The van der Waals surface area contributed by atoms with Gasteiger partial charge in [0.25, 0.3) is 0 Å². The van der Waals surface area contributed by atoms with Crippen LogP contribution in [0.4, 0.5) is 0 Å². The third-order valence-electron chi connectivity index (χ3n) is 2.38. The molecule has 0 aliphatic heterocycles. The van der Waals surface area contributed by atoms with E-state index in [0.717, 1.165) is 12.5 Å². The van der Waals surface area contributed by atoms with Crippen molar-refractivity contribution in [3.8, 4) is 0 Å². The molecule has 14 heavy (non-hydrogen) atoms. The molecule has 0 atom stereocenters. The van der Waals surface area contributed by atoms with Crippen LogP contribution in [-0.4, -0.2) is 13.1 Å². The van der Waals surface area contributed by atoms with E-state index in [0.29, 0.717) is 0 Å². The van der Waals surface area contributed by atoms with Crippen molar-refractivity contribution in [2.75, 3.05) is 13.1 Å². The Bertz CT molecular complexity index is 127. The maximum Gasteiger partial charge on any atom is 0.0134 e. The first-order valence-electron chi connectivity index (χ1n) is 6.09. The molecule has 84 valence electrons. The molecule has 0 aromatic heterocycles. The van der Waals surface area contributed by atoms with Crippen molar-refractivity contribution in [2.24, 2.45) is 5.92 Å². The van der Waals surface area contributed by atoms with Crippen LogP contribution in [-0.2, 0) is 0 Å². The van der Waals surface area contributed by atoms with Crippen molar-refractivity contribution in [1.29, 1.82) is 0 Å². The van der Waals surface area contributed by atoms with Gasteiger partial charge < -0.3 is 5.32 Å². The molecule has 0 amide bonds. The van der Waals surface area contributed by atoms with Crippen LogP contribution >= 0.6 is 0 Å². The zero-order chi connectivity index (χ0) is 10.6. The van der Waals surface area contributed by atoms with E-state index in [9.17, 15) is 0 Å². The zero-order valence-corrected chi connectivity index (χ0v) is 10.2. The van der Waals surface area contributed by atoms with Gasteiger partial charge in [-0.25, -0.2) is 0 Å². The monoisotopic (exact) mass is 197 g/mol. The summed E-state index contributed by atoms with van der Waals surface area (Å²) >= 11 is 0. The summed E-state index contributed by atoms with van der Waals surface area (Å²) < 4.78 is 0. The van der Waals surface area contributed by atoms with E-state index in [-0.39, 0.29) is 0 Å². The normalized spacial score (nSPS) is 11.7. The first-order valence-corrected chi connectivity index (χ1v) is 6.09. The molecule has 0 saturated carbocycles. The van der Waals surface area contributed by atoms with Gasteiger partial charge in [0.1, 0.15) is 0 Å². The SMILES string of the molecule is C/C=C/CNCCCCCCC(C)C. The smallest absolute Gasteiger partial charge is 0.0134 e. The molecule has 0 saturated heterocycles. The van der Waals surface area contributed by atoms with E-state index in [1.807, 2.05) is 0 Å². The van der Waals surface area contributed by atoms with Crippen LogP contribution in [0.25, 0.3) is 0 Å². The van der Waals surface area contributed by atoms with Gasteiger partial charge in [-0.3, -0.25) is 0 Å². The first-order chi connectivity index (χ1) is 6.77. The molecule has 1 nitrogen and oxygen atoms in total. The Morgan fingerprint density at radius 3 is 2.43 bits per heavy atom. The fourth-order valence-corrected chi connectivity index (χ4v) is 1.46. The van der Waals surface area contributed by atoms with E-state index in [1.54, 1.807) is 0 Å². The molecule has 0 aromatic rings. The molecular weight excluding hydrogens is 170 g/mol. The summed E-state index contributed by atoms with van der Waals surface area (Å²) in [6.07, 6.45) is 11.2. The van der Waals surface area contributed by atoms with Gasteiger partial charge in [0.2, 0.25) is 0 Å². The molecule has 0 bridgehead atoms. The van der Waals surface area contributed by atoms with Gasteiger partial charge >= 0.3 is 0 Å². The highest BCUT2D eigenvalue weighted by Gasteiger charge is 1.93. The molecule has 1 heteroatoms. The van der Waals surface area contributed by atoms with Gasteiger partial charge in [-0.1, -0.05) is 51.7 Å². The molecule has 0 aliphatic carbocycles. The van der Waals surface area contributed by atoms with Crippen LogP contribution in [0.2, 0.25) is 0 Å². The predicted octanol–water partition coefficient (Wildman–Crippen LogP) is 3.76. The van der Waals surface area contributed by atoms with Gasteiger partial charge in [-0.2, -0.15) is 0 Å². The molecule has 0 rings (SSSR count). The van der Waals surface area contributed by atoms with Crippen LogP contribution in [0.3, 0.4) is 0 Å². The van der Waals surface area contributed by atoms with Crippen LogP contribution in [0.15, 0.2) is 12.2 Å². The van der Waals surface area contributed by atoms with E-state index < -0.39 is 0 Å². The van der Waals surface area contributed by atoms with Crippen LogP contribution in [0, 0.1) is 5.92 Å². The second-order valence-electron chi connectivity index (χ2n) is 4.37. The van der Waals surface area contributed by atoms with E-state index in [4.69, 9.17) is 0 Å². The van der Waals surface area contributed by atoms with E-state index in [1.165, 1.54) is 38.6 Å². The van der Waals surface area contributed by atoms with Crippen molar-refractivity contribution in [1.82, 2.24) is 5.32 Å². The fourth-order valence-electron chi connectivity index (χ4n) is 1.46. The summed E-state index contributed by atoms with van der Waals surface area (Å²) in [4.78, 5) is 0. The lowest BCUT2D eigenvalue weighted by molar-refractivity contribution is 0.515.